The fourth-order valence-electron chi connectivity index (χ4n) is 2.28. The van der Waals surface area contributed by atoms with Gasteiger partial charge in [-0.05, 0) is 43.7 Å². The van der Waals surface area contributed by atoms with Crippen molar-refractivity contribution < 1.29 is 14.5 Å². The van der Waals surface area contributed by atoms with Crippen LogP contribution in [0.4, 0.5) is 5.69 Å². The normalized spacial score (nSPS) is 10.6. The molecule has 25 heavy (non-hydrogen) atoms. The third-order valence-electron chi connectivity index (χ3n) is 3.62. The average molecular weight is 339 g/mol. The monoisotopic (exact) mass is 339 g/mol. The molecule has 0 atom stereocenters. The molecule has 0 heterocycles. The Bertz CT molecular complexity index is 823. The molecule has 1 amide bonds. The molecule has 0 saturated carbocycles. The number of carbonyl (C=O) groups is 1. The van der Waals surface area contributed by atoms with E-state index < -0.39 is 10.5 Å². The molecule has 1 N–H and O–H groups in total. The number of ether oxygens (including phenoxy) is 1. The summed E-state index contributed by atoms with van der Waals surface area (Å²) in [6.45, 7) is 3.33. The lowest BCUT2D eigenvalue weighted by molar-refractivity contribution is -0.384. The molecule has 0 unspecified atom stereocenters. The van der Waals surface area contributed by atoms with E-state index in [0.29, 0.717) is 11.3 Å². The Kier molecular flexibility index (Phi) is 5.35. The van der Waals surface area contributed by atoms with Gasteiger partial charge in [0, 0.05) is 12.1 Å². The SMILES string of the molecule is CC(C)(NC(=O)COc1ccccc1C#N)c1ccc([N+](=O)[O-])cc1. The molecule has 7 nitrogen and oxygen atoms in total. The molecule has 0 aliphatic heterocycles. The Labute approximate surface area is 145 Å². The maximum Gasteiger partial charge on any atom is 0.269 e. The Morgan fingerprint density at radius 3 is 2.48 bits per heavy atom. The minimum absolute atomic E-state index is 0.0117. The summed E-state index contributed by atoms with van der Waals surface area (Å²) in [4.78, 5) is 22.4. The van der Waals surface area contributed by atoms with Gasteiger partial charge < -0.3 is 10.1 Å². The molecule has 0 fully saturated rings. The van der Waals surface area contributed by atoms with Crippen molar-refractivity contribution in [2.45, 2.75) is 19.4 Å². The van der Waals surface area contributed by atoms with Crippen LogP contribution in [0.15, 0.2) is 48.5 Å². The first-order valence-corrected chi connectivity index (χ1v) is 7.51. The molecule has 0 saturated heterocycles. The molecule has 0 spiro atoms. The third kappa shape index (κ3) is 4.54. The van der Waals surface area contributed by atoms with Gasteiger partial charge in [-0.15, -0.1) is 0 Å². The maximum atomic E-state index is 12.2. The molecule has 128 valence electrons. The molecular formula is C18H17N3O4. The van der Waals surface area contributed by atoms with Crippen molar-refractivity contribution in [3.8, 4) is 11.8 Å². The van der Waals surface area contributed by atoms with Gasteiger partial charge in [0.25, 0.3) is 11.6 Å². The average Bonchev–Trinajstić information content (AvgIpc) is 2.60. The molecule has 0 aromatic heterocycles. The van der Waals surface area contributed by atoms with Gasteiger partial charge in [0.15, 0.2) is 6.61 Å². The van der Waals surface area contributed by atoms with Gasteiger partial charge in [-0.3, -0.25) is 14.9 Å². The number of rotatable bonds is 6. The summed E-state index contributed by atoms with van der Waals surface area (Å²) in [7, 11) is 0. The van der Waals surface area contributed by atoms with Gasteiger partial charge in [-0.1, -0.05) is 12.1 Å². The number of hydrogen-bond donors (Lipinski definition) is 1. The number of nitrogens with one attached hydrogen (secondary N) is 1. The molecule has 7 heteroatoms. The van der Waals surface area contributed by atoms with Crippen molar-refractivity contribution in [2.24, 2.45) is 0 Å². The van der Waals surface area contributed by atoms with Crippen LogP contribution in [-0.4, -0.2) is 17.4 Å². The lowest BCUT2D eigenvalue weighted by atomic mass is 9.94. The third-order valence-corrected chi connectivity index (χ3v) is 3.62. The predicted octanol–water partition coefficient (Wildman–Crippen LogP) is 2.90. The highest BCUT2D eigenvalue weighted by molar-refractivity contribution is 5.78. The second-order valence-electron chi connectivity index (χ2n) is 5.87. The smallest absolute Gasteiger partial charge is 0.269 e. The largest absolute Gasteiger partial charge is 0.482 e. The zero-order chi connectivity index (χ0) is 18.4. The molecule has 0 aliphatic rings. The number of para-hydroxylation sites is 1. The zero-order valence-electron chi connectivity index (χ0n) is 13.9. The number of benzene rings is 2. The van der Waals surface area contributed by atoms with Crippen LogP contribution in [0, 0.1) is 21.4 Å². The van der Waals surface area contributed by atoms with Crippen molar-refractivity contribution in [2.75, 3.05) is 6.61 Å². The van der Waals surface area contributed by atoms with Crippen LogP contribution in [0.1, 0.15) is 25.0 Å². The minimum Gasteiger partial charge on any atom is -0.482 e. The molecule has 0 aliphatic carbocycles. The van der Waals surface area contributed by atoms with E-state index in [1.165, 1.54) is 12.1 Å². The summed E-state index contributed by atoms with van der Waals surface area (Å²) >= 11 is 0. The number of hydrogen-bond acceptors (Lipinski definition) is 5. The van der Waals surface area contributed by atoms with Gasteiger partial charge in [-0.25, -0.2) is 0 Å². The van der Waals surface area contributed by atoms with Crippen molar-refractivity contribution in [3.63, 3.8) is 0 Å². The zero-order valence-corrected chi connectivity index (χ0v) is 13.9. The topological polar surface area (TPSA) is 105 Å². The highest BCUT2D eigenvalue weighted by Crippen LogP contribution is 2.23. The van der Waals surface area contributed by atoms with Crippen LogP contribution < -0.4 is 10.1 Å². The van der Waals surface area contributed by atoms with Crippen molar-refractivity contribution in [1.29, 1.82) is 5.26 Å². The number of nitrogens with zero attached hydrogens (tertiary/aromatic N) is 2. The molecule has 2 aromatic rings. The number of carbonyl (C=O) groups excluding carboxylic acids is 1. The Balaban J connectivity index is 2.01. The number of nitro groups is 1. The summed E-state index contributed by atoms with van der Waals surface area (Å²) < 4.78 is 5.40. The summed E-state index contributed by atoms with van der Waals surface area (Å²) in [5, 5.41) is 22.5. The van der Waals surface area contributed by atoms with Crippen molar-refractivity contribution in [3.05, 3.63) is 69.8 Å². The van der Waals surface area contributed by atoms with Gasteiger partial charge >= 0.3 is 0 Å². The van der Waals surface area contributed by atoms with Crippen molar-refractivity contribution in [1.82, 2.24) is 5.32 Å². The highest BCUT2D eigenvalue weighted by atomic mass is 16.6. The quantitative estimate of drug-likeness (QED) is 0.643. The fraction of sp³-hybridized carbons (Fsp3) is 0.222. The van der Waals surface area contributed by atoms with E-state index >= 15 is 0 Å². The predicted molar refractivity (Wildman–Crippen MR) is 90.9 cm³/mol. The number of amides is 1. The molecule has 0 radical (unpaired) electrons. The Morgan fingerprint density at radius 2 is 1.88 bits per heavy atom. The first-order valence-electron chi connectivity index (χ1n) is 7.51. The van der Waals surface area contributed by atoms with E-state index in [2.05, 4.69) is 5.32 Å². The highest BCUT2D eigenvalue weighted by Gasteiger charge is 2.24. The molecule has 2 rings (SSSR count). The Morgan fingerprint density at radius 1 is 1.24 bits per heavy atom. The van der Waals surface area contributed by atoms with Gasteiger partial charge in [0.05, 0.1) is 16.0 Å². The summed E-state index contributed by atoms with van der Waals surface area (Å²) in [6, 6.07) is 14.6. The molecule has 2 aromatic carbocycles. The number of non-ortho nitro benzene ring substituents is 1. The first kappa shape index (κ1) is 17.9. The van der Waals surface area contributed by atoms with Gasteiger partial charge in [-0.2, -0.15) is 5.26 Å². The second-order valence-corrected chi connectivity index (χ2v) is 5.87. The van der Waals surface area contributed by atoms with E-state index in [9.17, 15) is 14.9 Å². The summed E-state index contributed by atoms with van der Waals surface area (Å²) in [5.41, 5.74) is 0.334. The standard InChI is InChI=1S/C18H17N3O4/c1-18(2,14-7-9-15(10-8-14)21(23)24)20-17(22)12-25-16-6-4-3-5-13(16)11-19/h3-10H,12H2,1-2H3,(H,20,22). The summed E-state index contributed by atoms with van der Waals surface area (Å²) in [5.74, 6) is -0.0237. The number of nitriles is 1. The van der Waals surface area contributed by atoms with Crippen molar-refractivity contribution >= 4 is 11.6 Å². The second kappa shape index (κ2) is 7.45. The lowest BCUT2D eigenvalue weighted by Gasteiger charge is -2.27. The van der Waals surface area contributed by atoms with E-state index in [1.807, 2.05) is 6.07 Å². The van der Waals surface area contributed by atoms with E-state index in [-0.39, 0.29) is 18.2 Å². The van der Waals surface area contributed by atoms with Crippen LogP contribution in [0.5, 0.6) is 5.75 Å². The Hall–Kier alpha value is -3.40. The first-order chi connectivity index (χ1) is 11.8. The molecule has 0 bridgehead atoms. The number of nitro benzene ring substituents is 1. The van der Waals surface area contributed by atoms with Crippen LogP contribution in [0.3, 0.4) is 0 Å². The molecular weight excluding hydrogens is 322 g/mol. The van der Waals surface area contributed by atoms with Crippen LogP contribution in [0.2, 0.25) is 0 Å². The van der Waals surface area contributed by atoms with Crippen LogP contribution >= 0.6 is 0 Å². The van der Waals surface area contributed by atoms with Gasteiger partial charge in [0.1, 0.15) is 11.8 Å². The lowest BCUT2D eigenvalue weighted by Crippen LogP contribution is -2.43. The summed E-state index contributed by atoms with van der Waals surface area (Å²) in [6.07, 6.45) is 0. The minimum atomic E-state index is -0.732. The van der Waals surface area contributed by atoms with E-state index in [1.54, 1.807) is 50.2 Å². The van der Waals surface area contributed by atoms with Crippen LogP contribution in [0.25, 0.3) is 0 Å². The maximum absolute atomic E-state index is 12.2. The van der Waals surface area contributed by atoms with E-state index in [4.69, 9.17) is 10.00 Å². The van der Waals surface area contributed by atoms with Crippen LogP contribution in [-0.2, 0) is 10.3 Å². The van der Waals surface area contributed by atoms with Gasteiger partial charge in [0.2, 0.25) is 0 Å². The van der Waals surface area contributed by atoms with E-state index in [0.717, 1.165) is 5.56 Å². The fourth-order valence-corrected chi connectivity index (χ4v) is 2.28.